The first kappa shape index (κ1) is 19.7. The molecule has 3 aromatic heterocycles. The van der Waals surface area contributed by atoms with Crippen molar-refractivity contribution in [2.45, 2.75) is 51.9 Å². The van der Waals surface area contributed by atoms with Gasteiger partial charge in [-0.15, -0.1) is 34.0 Å². The van der Waals surface area contributed by atoms with E-state index in [2.05, 4.69) is 60.8 Å². The fourth-order valence-electron chi connectivity index (χ4n) is 4.84. The van der Waals surface area contributed by atoms with Crippen LogP contribution in [-0.2, 0) is 12.8 Å². The van der Waals surface area contributed by atoms with Gasteiger partial charge in [-0.1, -0.05) is 50.5 Å². The summed E-state index contributed by atoms with van der Waals surface area (Å²) in [7, 11) is 0. The maximum atomic E-state index is 2.48. The summed E-state index contributed by atoms with van der Waals surface area (Å²) in [5.74, 6) is 0. The van der Waals surface area contributed by atoms with E-state index in [-0.39, 0.29) is 0 Å². The summed E-state index contributed by atoms with van der Waals surface area (Å²) in [5, 5.41) is 6.43. The van der Waals surface area contributed by atoms with Crippen LogP contribution >= 0.6 is 34.0 Å². The molecule has 0 amide bonds. The first-order chi connectivity index (χ1) is 15.3. The van der Waals surface area contributed by atoms with Gasteiger partial charge in [0.15, 0.2) is 0 Å². The highest BCUT2D eigenvalue weighted by molar-refractivity contribution is 7.33. The summed E-state index contributed by atoms with van der Waals surface area (Å²) in [6, 6.07) is 16.4. The molecule has 2 aromatic carbocycles. The van der Waals surface area contributed by atoms with E-state index in [1.165, 1.54) is 96.8 Å². The van der Waals surface area contributed by atoms with E-state index in [1.54, 1.807) is 4.88 Å². The number of hydrogen-bond donors (Lipinski definition) is 0. The quantitative estimate of drug-likeness (QED) is 0.222. The minimum atomic E-state index is 1.17. The second-order valence-electron chi connectivity index (χ2n) is 8.69. The van der Waals surface area contributed by atoms with E-state index in [1.807, 2.05) is 34.0 Å². The van der Waals surface area contributed by atoms with Crippen molar-refractivity contribution >= 4 is 75.9 Å². The molecule has 5 aromatic rings. The van der Waals surface area contributed by atoms with Crippen molar-refractivity contribution in [3.63, 3.8) is 0 Å². The predicted molar refractivity (Wildman–Crippen MR) is 143 cm³/mol. The topological polar surface area (TPSA) is 0 Å². The maximum Gasteiger partial charge on any atom is 0.0538 e. The lowest BCUT2D eigenvalue weighted by molar-refractivity contribution is 0.667. The summed E-state index contributed by atoms with van der Waals surface area (Å²) in [5.41, 5.74) is 4.50. The Labute approximate surface area is 195 Å². The number of benzene rings is 2. The molecule has 0 aliphatic heterocycles. The second kappa shape index (κ2) is 8.20. The van der Waals surface area contributed by atoms with Crippen molar-refractivity contribution in [2.75, 3.05) is 0 Å². The number of allylic oxidation sites excluding steroid dienone is 1. The van der Waals surface area contributed by atoms with Gasteiger partial charge >= 0.3 is 0 Å². The molecule has 1 aliphatic carbocycles. The number of unbranched alkanes of at least 4 members (excludes halogenated alkanes) is 3. The monoisotopic (exact) mass is 458 g/mol. The van der Waals surface area contributed by atoms with Gasteiger partial charge in [-0.2, -0.15) is 0 Å². The fraction of sp³-hybridized carbons (Fsp3) is 0.286. The van der Waals surface area contributed by atoms with Crippen LogP contribution in [0.2, 0.25) is 0 Å². The average molecular weight is 459 g/mol. The summed E-state index contributed by atoms with van der Waals surface area (Å²) < 4.78 is 4.44. The summed E-state index contributed by atoms with van der Waals surface area (Å²) in [6.45, 7) is 2.28. The molecule has 31 heavy (non-hydrogen) atoms. The first-order valence-electron chi connectivity index (χ1n) is 11.4. The number of aryl methyl sites for hydroxylation is 2. The minimum Gasteiger partial charge on any atom is -0.144 e. The summed E-state index contributed by atoms with van der Waals surface area (Å²) in [6.07, 6.45) is 11.3. The van der Waals surface area contributed by atoms with Gasteiger partial charge in [0, 0.05) is 25.4 Å². The van der Waals surface area contributed by atoms with Gasteiger partial charge in [-0.25, -0.2) is 0 Å². The lowest BCUT2D eigenvalue weighted by Crippen LogP contribution is -1.93. The van der Waals surface area contributed by atoms with Crippen LogP contribution in [0.3, 0.4) is 0 Å². The zero-order valence-corrected chi connectivity index (χ0v) is 20.3. The zero-order chi connectivity index (χ0) is 20.8. The molecule has 0 radical (unpaired) electrons. The van der Waals surface area contributed by atoms with Crippen molar-refractivity contribution in [3.05, 3.63) is 68.7 Å². The predicted octanol–water partition coefficient (Wildman–Crippen LogP) is 9.94. The van der Waals surface area contributed by atoms with Crippen LogP contribution in [0.1, 0.15) is 59.9 Å². The van der Waals surface area contributed by atoms with Crippen molar-refractivity contribution < 1.29 is 0 Å². The Morgan fingerprint density at radius 2 is 1.84 bits per heavy atom. The van der Waals surface area contributed by atoms with Crippen LogP contribution in [-0.4, -0.2) is 0 Å². The molecule has 0 saturated carbocycles. The van der Waals surface area contributed by atoms with E-state index in [4.69, 9.17) is 0 Å². The van der Waals surface area contributed by atoms with Gasteiger partial charge in [-0.3, -0.25) is 0 Å². The Morgan fingerprint density at radius 1 is 0.871 bits per heavy atom. The van der Waals surface area contributed by atoms with Gasteiger partial charge < -0.3 is 0 Å². The highest BCUT2D eigenvalue weighted by atomic mass is 32.1. The van der Waals surface area contributed by atoms with Crippen LogP contribution in [0, 0.1) is 0 Å². The van der Waals surface area contributed by atoms with Gasteiger partial charge in [0.2, 0.25) is 0 Å². The molecule has 0 unspecified atom stereocenters. The maximum absolute atomic E-state index is 2.48. The SMILES string of the molecule is CCCCCCc1ccc2cc3sc4c5c(sc4c3cc2c1)CCC(c1cccs1)=C5. The Hall–Kier alpha value is -1.94. The molecule has 3 heterocycles. The van der Waals surface area contributed by atoms with Crippen molar-refractivity contribution in [3.8, 4) is 0 Å². The van der Waals surface area contributed by atoms with Crippen LogP contribution in [0.15, 0.2) is 47.8 Å². The smallest absolute Gasteiger partial charge is 0.0538 e. The Morgan fingerprint density at radius 3 is 2.71 bits per heavy atom. The molecular formula is C28H26S3. The Bertz CT molecular complexity index is 1410. The third kappa shape index (κ3) is 3.57. The van der Waals surface area contributed by atoms with Gasteiger partial charge in [0.05, 0.1) is 9.40 Å². The van der Waals surface area contributed by atoms with E-state index < -0.39 is 0 Å². The molecule has 0 bridgehead atoms. The van der Waals surface area contributed by atoms with Crippen molar-refractivity contribution in [1.82, 2.24) is 0 Å². The molecule has 0 spiro atoms. The Balaban J connectivity index is 1.42. The average Bonchev–Trinajstić information content (AvgIpc) is 3.51. The molecule has 3 heteroatoms. The largest absolute Gasteiger partial charge is 0.144 e. The molecule has 0 N–H and O–H groups in total. The van der Waals surface area contributed by atoms with E-state index in [0.29, 0.717) is 0 Å². The number of hydrogen-bond acceptors (Lipinski definition) is 3. The third-order valence-electron chi connectivity index (χ3n) is 6.53. The second-order valence-corrected chi connectivity index (χ2v) is 11.8. The van der Waals surface area contributed by atoms with Gasteiger partial charge in [0.1, 0.15) is 0 Å². The molecule has 0 nitrogen and oxygen atoms in total. The minimum absolute atomic E-state index is 1.17. The van der Waals surface area contributed by atoms with Crippen LogP contribution in [0.5, 0.6) is 0 Å². The lowest BCUT2D eigenvalue weighted by atomic mass is 9.97. The number of fused-ring (bicyclic) bond motifs is 6. The van der Waals surface area contributed by atoms with Crippen LogP contribution < -0.4 is 0 Å². The van der Waals surface area contributed by atoms with Crippen molar-refractivity contribution in [2.24, 2.45) is 0 Å². The molecule has 6 rings (SSSR count). The zero-order valence-electron chi connectivity index (χ0n) is 17.9. The number of thiophene rings is 3. The molecule has 0 atom stereocenters. The van der Waals surface area contributed by atoms with Gasteiger partial charge in [-0.05, 0) is 77.2 Å². The normalized spacial score (nSPS) is 13.9. The first-order valence-corrected chi connectivity index (χ1v) is 14.0. The summed E-state index contributed by atoms with van der Waals surface area (Å²) in [4.78, 5) is 3.01. The molecule has 156 valence electrons. The van der Waals surface area contributed by atoms with Crippen LogP contribution in [0.25, 0.3) is 41.9 Å². The summed E-state index contributed by atoms with van der Waals surface area (Å²) >= 11 is 5.89. The molecular weight excluding hydrogens is 433 g/mol. The fourth-order valence-corrected chi connectivity index (χ4v) is 8.37. The van der Waals surface area contributed by atoms with E-state index >= 15 is 0 Å². The van der Waals surface area contributed by atoms with E-state index in [9.17, 15) is 0 Å². The highest BCUT2D eigenvalue weighted by Crippen LogP contribution is 2.47. The molecule has 0 fully saturated rings. The third-order valence-corrected chi connectivity index (χ3v) is 10.1. The van der Waals surface area contributed by atoms with E-state index in [0.717, 1.165) is 0 Å². The van der Waals surface area contributed by atoms with Gasteiger partial charge in [0.25, 0.3) is 0 Å². The van der Waals surface area contributed by atoms with Crippen molar-refractivity contribution in [1.29, 1.82) is 0 Å². The number of rotatable bonds is 6. The van der Waals surface area contributed by atoms with Crippen LogP contribution in [0.4, 0.5) is 0 Å². The Kier molecular flexibility index (Phi) is 5.22. The molecule has 0 saturated heterocycles. The lowest BCUT2D eigenvalue weighted by Gasteiger charge is -2.11. The highest BCUT2D eigenvalue weighted by Gasteiger charge is 2.21. The standard InChI is InChI=1S/C28H26S3/c1-2-3-4-5-7-18-9-10-19-17-26-23(16-21(19)14-18)28-27(31-26)22-15-20(11-12-25(22)30-28)24-8-6-13-29-24/h6,8-10,13-17H,2-5,7,11-12H2,1H3. The molecule has 1 aliphatic rings.